The average Bonchev–Trinajstić information content (AvgIpc) is 2.99. The summed E-state index contributed by atoms with van der Waals surface area (Å²) >= 11 is 0. The van der Waals surface area contributed by atoms with E-state index in [-0.39, 0.29) is 59.0 Å². The number of aliphatic hydroxyl groups excluding tert-OH is 1. The van der Waals surface area contributed by atoms with Gasteiger partial charge in [-0.05, 0) is 33.8 Å². The zero-order valence-corrected chi connectivity index (χ0v) is 26.5. The van der Waals surface area contributed by atoms with E-state index in [1.54, 1.807) is 13.8 Å². The maximum absolute atomic E-state index is 13.7. The molecular formula is C33H39NO12. The Morgan fingerprint density at radius 2 is 1.67 bits per heavy atom. The second-order valence-electron chi connectivity index (χ2n) is 11.9. The van der Waals surface area contributed by atoms with Crippen LogP contribution in [0.5, 0.6) is 17.2 Å². The minimum Gasteiger partial charge on any atom is -0.507 e. The number of ether oxygens (including phenoxy) is 3. The van der Waals surface area contributed by atoms with Gasteiger partial charge in [0.25, 0.3) is 0 Å². The summed E-state index contributed by atoms with van der Waals surface area (Å²) in [5.41, 5.74) is -3.24. The predicted molar refractivity (Wildman–Crippen MR) is 161 cm³/mol. The molecule has 0 bridgehead atoms. The first-order valence-corrected chi connectivity index (χ1v) is 14.9. The lowest BCUT2D eigenvalue weighted by atomic mass is 9.72. The SMILES string of the molecule is CC(C)=O.CCC(=O)NC1CC(OC2CC(O)(C(C)=O)Cc3c(O)c4c(c(O)c32)C(=O)c2c(OC)cccc2C4=O)OC(C)C1O. The second kappa shape index (κ2) is 13.3. The molecule has 1 aliphatic heterocycles. The number of amides is 1. The van der Waals surface area contributed by atoms with Crippen molar-refractivity contribution in [3.05, 3.63) is 51.6 Å². The number of rotatable bonds is 6. The summed E-state index contributed by atoms with van der Waals surface area (Å²) < 4.78 is 17.3. The van der Waals surface area contributed by atoms with Crippen LogP contribution < -0.4 is 10.1 Å². The maximum Gasteiger partial charge on any atom is 0.220 e. The van der Waals surface area contributed by atoms with Crippen LogP contribution >= 0.6 is 0 Å². The van der Waals surface area contributed by atoms with Gasteiger partial charge >= 0.3 is 0 Å². The standard InChI is InChI=1S/C30H33NO11.C3H6O/c1-5-19(33)31-16-9-20(41-12(2)25(16)34)42-18-11-30(39,13(3)32)10-15-22(18)29(38)24-23(27(15)36)26(35)14-7-6-8-17(40-4)21(14)28(24)37;1-3(2)4/h6-8,12,16,18,20,25,34,36,38-39H,5,9-11H2,1-4H3,(H,31,33);1-2H3. The van der Waals surface area contributed by atoms with E-state index in [2.05, 4.69) is 5.32 Å². The minimum absolute atomic E-state index is 0.0126. The number of aliphatic hydroxyl groups is 2. The molecule has 248 valence electrons. The highest BCUT2D eigenvalue weighted by atomic mass is 16.7. The quantitative estimate of drug-likeness (QED) is 0.246. The molecule has 0 aromatic heterocycles. The fourth-order valence-corrected chi connectivity index (χ4v) is 6.08. The number of hydrogen-bond donors (Lipinski definition) is 5. The van der Waals surface area contributed by atoms with Gasteiger partial charge in [-0.25, -0.2) is 0 Å². The van der Waals surface area contributed by atoms with Crippen LogP contribution in [-0.4, -0.2) is 86.7 Å². The fourth-order valence-electron chi connectivity index (χ4n) is 6.08. The lowest BCUT2D eigenvalue weighted by Crippen LogP contribution is -2.55. The Labute approximate surface area is 265 Å². The number of hydrogen-bond acceptors (Lipinski definition) is 12. The lowest BCUT2D eigenvalue weighted by Gasteiger charge is -2.42. The van der Waals surface area contributed by atoms with E-state index in [1.165, 1.54) is 46.1 Å². The van der Waals surface area contributed by atoms with Crippen molar-refractivity contribution in [3.8, 4) is 17.2 Å². The van der Waals surface area contributed by atoms with Crippen molar-refractivity contribution in [1.82, 2.24) is 5.32 Å². The number of phenolic OH excluding ortho intramolecular Hbond substituents is 2. The van der Waals surface area contributed by atoms with E-state index in [0.717, 1.165) is 0 Å². The van der Waals surface area contributed by atoms with Crippen LogP contribution in [0.4, 0.5) is 0 Å². The molecule has 13 nitrogen and oxygen atoms in total. The summed E-state index contributed by atoms with van der Waals surface area (Å²) in [6, 6.07) is 3.67. The third-order valence-electron chi connectivity index (χ3n) is 8.42. The summed E-state index contributed by atoms with van der Waals surface area (Å²) in [7, 11) is 1.33. The molecule has 1 heterocycles. The molecule has 2 aliphatic carbocycles. The molecule has 13 heteroatoms. The van der Waals surface area contributed by atoms with E-state index < -0.39 is 82.6 Å². The van der Waals surface area contributed by atoms with Gasteiger partial charge in [0.1, 0.15) is 34.7 Å². The van der Waals surface area contributed by atoms with Crippen molar-refractivity contribution >= 4 is 29.0 Å². The number of fused-ring (bicyclic) bond motifs is 3. The molecule has 1 saturated heterocycles. The molecule has 0 saturated carbocycles. The zero-order chi connectivity index (χ0) is 34.2. The first kappa shape index (κ1) is 34.7. The monoisotopic (exact) mass is 641 g/mol. The molecule has 0 spiro atoms. The van der Waals surface area contributed by atoms with E-state index in [9.17, 15) is 44.4 Å². The Morgan fingerprint density at radius 3 is 2.26 bits per heavy atom. The summed E-state index contributed by atoms with van der Waals surface area (Å²) in [4.78, 5) is 61.4. The van der Waals surface area contributed by atoms with Crippen molar-refractivity contribution in [1.29, 1.82) is 0 Å². The molecule has 5 rings (SSSR count). The molecule has 0 radical (unpaired) electrons. The molecule has 6 unspecified atom stereocenters. The molecule has 5 N–H and O–H groups in total. The number of ketones is 4. The fraction of sp³-hybridized carbons (Fsp3) is 0.485. The Balaban J connectivity index is 0.00000113. The van der Waals surface area contributed by atoms with Crippen LogP contribution in [0.15, 0.2) is 18.2 Å². The number of aromatic hydroxyl groups is 2. The highest BCUT2D eigenvalue weighted by Gasteiger charge is 2.49. The summed E-state index contributed by atoms with van der Waals surface area (Å²) in [5, 5.41) is 47.6. The first-order valence-electron chi connectivity index (χ1n) is 14.9. The number of carbonyl (C=O) groups excluding carboxylic acids is 5. The molecule has 1 fully saturated rings. The number of benzene rings is 2. The van der Waals surface area contributed by atoms with Crippen molar-refractivity contribution in [2.75, 3.05) is 7.11 Å². The normalized spacial score (nSPS) is 26.5. The molecule has 46 heavy (non-hydrogen) atoms. The van der Waals surface area contributed by atoms with E-state index in [0.29, 0.717) is 0 Å². The minimum atomic E-state index is -2.05. The van der Waals surface area contributed by atoms with Gasteiger partial charge in [-0.2, -0.15) is 0 Å². The third-order valence-corrected chi connectivity index (χ3v) is 8.42. The molecule has 2 aromatic carbocycles. The van der Waals surface area contributed by atoms with Gasteiger partial charge < -0.3 is 44.7 Å². The number of phenols is 2. The van der Waals surface area contributed by atoms with E-state index in [4.69, 9.17) is 14.2 Å². The van der Waals surface area contributed by atoms with Crippen LogP contribution in [0.3, 0.4) is 0 Å². The smallest absolute Gasteiger partial charge is 0.220 e. The number of carbonyl (C=O) groups is 5. The van der Waals surface area contributed by atoms with Crippen molar-refractivity contribution < 1.29 is 58.6 Å². The van der Waals surface area contributed by atoms with E-state index >= 15 is 0 Å². The van der Waals surface area contributed by atoms with Gasteiger partial charge in [-0.1, -0.05) is 19.1 Å². The zero-order valence-electron chi connectivity index (χ0n) is 26.5. The van der Waals surface area contributed by atoms with Gasteiger partial charge in [0.2, 0.25) is 11.7 Å². The summed E-state index contributed by atoms with van der Waals surface area (Å²) in [5.74, 6) is -3.45. The Kier molecular flexibility index (Phi) is 10.0. The van der Waals surface area contributed by atoms with Crippen LogP contribution in [0.2, 0.25) is 0 Å². The van der Waals surface area contributed by atoms with Gasteiger partial charge in [0.15, 0.2) is 17.9 Å². The van der Waals surface area contributed by atoms with E-state index in [1.807, 2.05) is 0 Å². The molecular weight excluding hydrogens is 602 g/mol. The van der Waals surface area contributed by atoms with Crippen LogP contribution in [0.1, 0.15) is 103 Å². The Morgan fingerprint density at radius 1 is 1.04 bits per heavy atom. The van der Waals surface area contributed by atoms with Gasteiger partial charge in [0.05, 0.1) is 42.0 Å². The highest BCUT2D eigenvalue weighted by Crippen LogP contribution is 2.52. The molecule has 2 aromatic rings. The lowest BCUT2D eigenvalue weighted by molar-refractivity contribution is -0.249. The summed E-state index contributed by atoms with van der Waals surface area (Å²) in [6.45, 7) is 7.47. The molecule has 3 aliphatic rings. The Hall–Kier alpha value is -4.17. The second-order valence-corrected chi connectivity index (χ2v) is 11.9. The summed E-state index contributed by atoms with van der Waals surface area (Å²) in [6.07, 6.45) is -4.86. The van der Waals surface area contributed by atoms with Crippen molar-refractivity contribution in [2.45, 2.75) is 96.5 Å². The predicted octanol–water partition coefficient (Wildman–Crippen LogP) is 2.19. The third kappa shape index (κ3) is 6.27. The topological polar surface area (TPSA) is 206 Å². The van der Waals surface area contributed by atoms with Crippen LogP contribution in [0.25, 0.3) is 0 Å². The van der Waals surface area contributed by atoms with Crippen LogP contribution in [-0.2, 0) is 30.3 Å². The average molecular weight is 642 g/mol. The number of Topliss-reactive ketones (excluding diaryl/α,β-unsaturated/α-hetero) is 2. The van der Waals surface area contributed by atoms with Crippen molar-refractivity contribution in [2.24, 2.45) is 0 Å². The maximum atomic E-state index is 13.7. The largest absolute Gasteiger partial charge is 0.507 e. The van der Waals surface area contributed by atoms with Gasteiger partial charge in [-0.3, -0.25) is 19.2 Å². The number of methoxy groups -OCH3 is 1. The van der Waals surface area contributed by atoms with Gasteiger partial charge in [-0.15, -0.1) is 0 Å². The first-order chi connectivity index (χ1) is 21.6. The number of nitrogens with one attached hydrogen (secondary N) is 1. The van der Waals surface area contributed by atoms with Crippen LogP contribution in [0, 0.1) is 0 Å². The Bertz CT molecular complexity index is 1600. The van der Waals surface area contributed by atoms with Gasteiger partial charge in [0, 0.05) is 42.4 Å². The van der Waals surface area contributed by atoms with Crippen molar-refractivity contribution in [3.63, 3.8) is 0 Å². The molecule has 1 amide bonds. The molecule has 6 atom stereocenters. The highest BCUT2D eigenvalue weighted by molar-refractivity contribution is 6.31.